The summed E-state index contributed by atoms with van der Waals surface area (Å²) in [6.07, 6.45) is 1.32. The number of anilines is 1. The zero-order valence-electron chi connectivity index (χ0n) is 10.9. The third kappa shape index (κ3) is 3.16. The molecule has 6 heteroatoms. The summed E-state index contributed by atoms with van der Waals surface area (Å²) >= 11 is 0. The van der Waals surface area contributed by atoms with Crippen molar-refractivity contribution in [3.63, 3.8) is 0 Å². The summed E-state index contributed by atoms with van der Waals surface area (Å²) in [4.78, 5) is 27.7. The van der Waals surface area contributed by atoms with Crippen molar-refractivity contribution in [2.45, 2.75) is 6.92 Å². The summed E-state index contributed by atoms with van der Waals surface area (Å²) in [6.45, 7) is 2.15. The molecule has 0 radical (unpaired) electrons. The minimum absolute atomic E-state index is 0.161. The molecule has 2 aromatic rings. The zero-order chi connectivity index (χ0) is 14.5. The lowest BCUT2D eigenvalue weighted by atomic mass is 10.1. The molecule has 0 aliphatic heterocycles. The van der Waals surface area contributed by atoms with Crippen LogP contribution in [-0.2, 0) is 0 Å². The van der Waals surface area contributed by atoms with Crippen molar-refractivity contribution in [3.05, 3.63) is 51.7 Å². The van der Waals surface area contributed by atoms with Gasteiger partial charge in [-0.05, 0) is 24.6 Å². The highest BCUT2D eigenvalue weighted by atomic mass is 16.2. The second-order valence-corrected chi connectivity index (χ2v) is 4.17. The number of hydrogen-bond acceptors (Lipinski definition) is 3. The molecule has 1 aromatic heterocycles. The molecule has 1 amide bonds. The first-order chi connectivity index (χ1) is 9.60. The number of nitrogens with two attached hydrogens (primary N) is 1. The van der Waals surface area contributed by atoms with E-state index in [1.165, 1.54) is 6.20 Å². The van der Waals surface area contributed by atoms with E-state index in [1.54, 1.807) is 0 Å². The molecule has 0 saturated carbocycles. The van der Waals surface area contributed by atoms with Crippen molar-refractivity contribution in [1.82, 2.24) is 9.97 Å². The first kappa shape index (κ1) is 13.6. The van der Waals surface area contributed by atoms with E-state index in [0.717, 1.165) is 5.56 Å². The van der Waals surface area contributed by atoms with Gasteiger partial charge in [0.2, 0.25) is 0 Å². The van der Waals surface area contributed by atoms with Gasteiger partial charge in [-0.1, -0.05) is 17.9 Å². The van der Waals surface area contributed by atoms with Crippen molar-refractivity contribution in [3.8, 4) is 11.8 Å². The van der Waals surface area contributed by atoms with Crippen molar-refractivity contribution in [2.75, 3.05) is 11.9 Å². The Morgan fingerprint density at radius 3 is 2.90 bits per heavy atom. The minimum atomic E-state index is -0.428. The number of amides is 1. The Bertz CT molecular complexity index is 746. The van der Waals surface area contributed by atoms with Crippen LogP contribution in [0.15, 0.2) is 29.2 Å². The summed E-state index contributed by atoms with van der Waals surface area (Å²) in [5, 5.41) is 2.72. The monoisotopic (exact) mass is 270 g/mol. The number of nitrogens with one attached hydrogen (secondary N) is 3. The highest BCUT2D eigenvalue weighted by Gasteiger charge is 2.10. The molecule has 2 rings (SSSR count). The van der Waals surface area contributed by atoms with Crippen molar-refractivity contribution in [2.24, 2.45) is 5.73 Å². The lowest BCUT2D eigenvalue weighted by molar-refractivity contribution is 0.102. The van der Waals surface area contributed by atoms with Crippen LogP contribution >= 0.6 is 0 Å². The minimum Gasteiger partial charge on any atom is -0.320 e. The molecule has 0 saturated heterocycles. The predicted molar refractivity (Wildman–Crippen MR) is 76.5 cm³/mol. The van der Waals surface area contributed by atoms with Gasteiger partial charge < -0.3 is 21.0 Å². The maximum absolute atomic E-state index is 12.0. The average Bonchev–Trinajstić information content (AvgIpc) is 2.85. The molecule has 20 heavy (non-hydrogen) atoms. The van der Waals surface area contributed by atoms with Crippen LogP contribution < -0.4 is 16.7 Å². The van der Waals surface area contributed by atoms with Crippen LogP contribution in [0.25, 0.3) is 0 Å². The molecule has 102 valence electrons. The lowest BCUT2D eigenvalue weighted by Gasteiger charge is -2.07. The Hall–Kier alpha value is -2.78. The smallest absolute Gasteiger partial charge is 0.320 e. The van der Waals surface area contributed by atoms with E-state index in [4.69, 9.17) is 5.73 Å². The highest BCUT2D eigenvalue weighted by Crippen LogP contribution is 2.17. The Balaban J connectivity index is 2.30. The molecular weight excluding hydrogens is 256 g/mol. The highest BCUT2D eigenvalue weighted by molar-refractivity contribution is 6.03. The molecule has 1 aromatic carbocycles. The van der Waals surface area contributed by atoms with E-state index in [1.807, 2.05) is 25.1 Å². The van der Waals surface area contributed by atoms with Gasteiger partial charge in [0.15, 0.2) is 0 Å². The Kier molecular flexibility index (Phi) is 4.03. The number of imidazole rings is 1. The van der Waals surface area contributed by atoms with Crippen molar-refractivity contribution >= 4 is 11.6 Å². The van der Waals surface area contributed by atoms with Gasteiger partial charge in [0.05, 0.1) is 12.2 Å². The van der Waals surface area contributed by atoms with E-state index < -0.39 is 11.6 Å². The van der Waals surface area contributed by atoms with Crippen molar-refractivity contribution in [1.29, 1.82) is 0 Å². The zero-order valence-corrected chi connectivity index (χ0v) is 10.9. The third-order valence-electron chi connectivity index (χ3n) is 2.59. The molecule has 0 spiro atoms. The van der Waals surface area contributed by atoms with E-state index >= 15 is 0 Å². The molecule has 5 N–H and O–H groups in total. The SMILES string of the molecule is Cc1ccc(C#CCN)c(NC(=O)c2c[nH]c(=O)[nH]2)c1. The number of aromatic nitrogens is 2. The fraction of sp³-hybridized carbons (Fsp3) is 0.143. The molecule has 6 nitrogen and oxygen atoms in total. The van der Waals surface area contributed by atoms with Crippen LogP contribution in [0.3, 0.4) is 0 Å². The van der Waals surface area contributed by atoms with Gasteiger partial charge in [-0.3, -0.25) is 4.79 Å². The number of H-pyrrole nitrogens is 2. The summed E-state index contributed by atoms with van der Waals surface area (Å²) in [5.41, 5.74) is 7.32. The van der Waals surface area contributed by atoms with Crippen LogP contribution in [0.4, 0.5) is 5.69 Å². The van der Waals surface area contributed by atoms with Crippen molar-refractivity contribution < 1.29 is 4.79 Å². The predicted octanol–water partition coefficient (Wildman–Crippen LogP) is 0.574. The van der Waals surface area contributed by atoms with Crippen LogP contribution in [0.5, 0.6) is 0 Å². The van der Waals surface area contributed by atoms with Gasteiger partial charge in [-0.15, -0.1) is 0 Å². The Labute approximate surface area is 115 Å². The number of aromatic amines is 2. The number of rotatable bonds is 2. The summed E-state index contributed by atoms with van der Waals surface area (Å²) in [6, 6.07) is 5.52. The van der Waals surface area contributed by atoms with E-state index in [2.05, 4.69) is 27.1 Å². The number of benzene rings is 1. The summed E-state index contributed by atoms with van der Waals surface area (Å²) < 4.78 is 0. The molecule has 0 fully saturated rings. The van der Waals surface area contributed by atoms with Crippen LogP contribution in [0.1, 0.15) is 21.6 Å². The van der Waals surface area contributed by atoms with Gasteiger partial charge in [0.1, 0.15) is 5.69 Å². The lowest BCUT2D eigenvalue weighted by Crippen LogP contribution is -2.15. The van der Waals surface area contributed by atoms with E-state index in [9.17, 15) is 9.59 Å². The maximum atomic E-state index is 12.0. The second kappa shape index (κ2) is 5.91. The number of aryl methyl sites for hydroxylation is 1. The first-order valence-electron chi connectivity index (χ1n) is 5.99. The third-order valence-corrected chi connectivity index (χ3v) is 2.59. The van der Waals surface area contributed by atoms with Crippen LogP contribution in [0.2, 0.25) is 0 Å². The van der Waals surface area contributed by atoms with Gasteiger partial charge in [-0.2, -0.15) is 0 Å². The molecule has 0 aliphatic rings. The number of carbonyl (C=O) groups is 1. The topological polar surface area (TPSA) is 104 Å². The van der Waals surface area contributed by atoms with Gasteiger partial charge in [0.25, 0.3) is 5.91 Å². The normalized spacial score (nSPS) is 9.70. The molecule has 0 unspecified atom stereocenters. The molecular formula is C14H14N4O2. The van der Waals surface area contributed by atoms with Gasteiger partial charge >= 0.3 is 5.69 Å². The largest absolute Gasteiger partial charge is 0.323 e. The summed E-state index contributed by atoms with van der Waals surface area (Å²) in [5.74, 6) is 5.22. The van der Waals surface area contributed by atoms with E-state index in [-0.39, 0.29) is 12.2 Å². The molecule has 0 bridgehead atoms. The fourth-order valence-corrected chi connectivity index (χ4v) is 1.66. The van der Waals surface area contributed by atoms with Gasteiger partial charge in [0, 0.05) is 11.8 Å². The van der Waals surface area contributed by atoms with Gasteiger partial charge in [-0.25, -0.2) is 4.79 Å². The second-order valence-electron chi connectivity index (χ2n) is 4.17. The molecule has 0 aliphatic carbocycles. The number of hydrogen-bond donors (Lipinski definition) is 4. The standard InChI is InChI=1S/C14H14N4O2/c1-9-4-5-10(3-2-6-15)11(7-9)17-13(19)12-8-16-14(20)18-12/h4-5,7-8H,6,15H2,1H3,(H,17,19)(H2,16,18,20). The fourth-order valence-electron chi connectivity index (χ4n) is 1.66. The number of carbonyl (C=O) groups excluding carboxylic acids is 1. The molecule has 1 heterocycles. The van der Waals surface area contributed by atoms with E-state index in [0.29, 0.717) is 11.3 Å². The summed E-state index contributed by atoms with van der Waals surface area (Å²) in [7, 11) is 0. The maximum Gasteiger partial charge on any atom is 0.323 e. The Morgan fingerprint density at radius 2 is 2.25 bits per heavy atom. The quantitative estimate of drug-likeness (QED) is 0.600. The Morgan fingerprint density at radius 1 is 1.45 bits per heavy atom. The van der Waals surface area contributed by atoms with Crippen LogP contribution in [0, 0.1) is 18.8 Å². The average molecular weight is 270 g/mol. The first-order valence-corrected chi connectivity index (χ1v) is 5.99. The van der Waals surface area contributed by atoms with Crippen LogP contribution in [-0.4, -0.2) is 22.4 Å². The molecule has 0 atom stereocenters.